The molecule has 0 aliphatic rings. The van der Waals surface area contributed by atoms with Crippen LogP contribution in [0.15, 0.2) is 102 Å². The molecule has 0 spiro atoms. The monoisotopic (exact) mass is 563 g/mol. The average Bonchev–Trinajstić information content (AvgIpc) is 3.71. The van der Waals surface area contributed by atoms with E-state index in [-0.39, 0.29) is 11.4 Å². The molecule has 0 saturated carbocycles. The highest BCUT2D eigenvalue weighted by molar-refractivity contribution is 6.50. The van der Waals surface area contributed by atoms with Crippen molar-refractivity contribution in [3.05, 3.63) is 108 Å². The Morgan fingerprint density at radius 1 is 0.545 bits per heavy atom. The van der Waals surface area contributed by atoms with E-state index in [2.05, 4.69) is 51.4 Å². The molecule has 0 saturated heterocycles. The highest BCUT2D eigenvalue weighted by atomic mass is 16.3. The van der Waals surface area contributed by atoms with Crippen LogP contribution < -0.4 is 5.56 Å². The van der Waals surface area contributed by atoms with Crippen LogP contribution in [0.3, 0.4) is 0 Å². The van der Waals surface area contributed by atoms with Crippen LogP contribution in [0, 0.1) is 0 Å². The fourth-order valence-corrected chi connectivity index (χ4v) is 7.86. The maximum atomic E-state index is 14.6. The molecule has 11 aromatic rings. The van der Waals surface area contributed by atoms with Crippen molar-refractivity contribution in [3.8, 4) is 28.1 Å². The van der Waals surface area contributed by atoms with Gasteiger partial charge >= 0.3 is 0 Å². The predicted octanol–water partition coefficient (Wildman–Crippen LogP) is 7.74. The molecule has 0 fully saturated rings. The third-order valence-electron chi connectivity index (χ3n) is 9.55. The number of imidazole rings is 1. The molecule has 0 unspecified atom stereocenters. The van der Waals surface area contributed by atoms with Gasteiger partial charge in [0.25, 0.3) is 5.56 Å². The quantitative estimate of drug-likeness (QED) is 0.216. The third kappa shape index (κ3) is 2.46. The molecule has 44 heavy (non-hydrogen) atoms. The van der Waals surface area contributed by atoms with Gasteiger partial charge in [0.15, 0.2) is 11.3 Å². The van der Waals surface area contributed by atoms with Crippen LogP contribution in [-0.4, -0.2) is 29.4 Å². The van der Waals surface area contributed by atoms with E-state index in [1.807, 2.05) is 49.1 Å². The van der Waals surface area contributed by atoms with Gasteiger partial charge in [0, 0.05) is 36.2 Å². The Hall–Kier alpha value is -6.21. The van der Waals surface area contributed by atoms with E-state index in [0.29, 0.717) is 22.2 Å². The first kappa shape index (κ1) is 22.4. The first-order valence-electron chi connectivity index (χ1n) is 14.4. The number of nitrogens with zero attached hydrogens (tertiary/aromatic N) is 5. The van der Waals surface area contributed by atoms with Crippen LogP contribution in [0.2, 0.25) is 0 Å². The maximum Gasteiger partial charge on any atom is 0.265 e. The van der Waals surface area contributed by atoms with Gasteiger partial charge in [-0.1, -0.05) is 24.3 Å². The molecular formula is C37H17N5O2. The molecule has 7 nitrogen and oxygen atoms in total. The summed E-state index contributed by atoms with van der Waals surface area (Å²) in [6, 6.07) is 24.6. The van der Waals surface area contributed by atoms with Crippen LogP contribution in [-0.2, 0) is 0 Å². The summed E-state index contributed by atoms with van der Waals surface area (Å²) in [6.07, 6.45) is 7.25. The normalized spacial score (nSPS) is 12.7. The first-order valence-corrected chi connectivity index (χ1v) is 14.4. The summed E-state index contributed by atoms with van der Waals surface area (Å²) in [5, 5.41) is 22.8. The Bertz CT molecular complexity index is 3000. The number of fused-ring (bicyclic) bond motifs is 7. The molecule has 0 radical (unpaired) electrons. The van der Waals surface area contributed by atoms with Crippen molar-refractivity contribution in [3.63, 3.8) is 0 Å². The zero-order chi connectivity index (χ0) is 28.8. The van der Waals surface area contributed by atoms with Crippen molar-refractivity contribution >= 4 is 81.4 Å². The SMILES string of the molecule is O=c1c2c3cc(-c4ccncc4)c4ccc5ccc6c(-c7ccncc7)cc(c7c6c5c4c37)c2c2nc3nc(O)ccc3n12. The lowest BCUT2D eigenvalue weighted by Crippen LogP contribution is -2.06. The van der Waals surface area contributed by atoms with Crippen molar-refractivity contribution in [2.75, 3.05) is 0 Å². The van der Waals surface area contributed by atoms with Crippen molar-refractivity contribution in [1.82, 2.24) is 24.3 Å². The van der Waals surface area contributed by atoms with E-state index in [0.717, 1.165) is 60.0 Å². The fourth-order valence-electron chi connectivity index (χ4n) is 7.86. The summed E-state index contributed by atoms with van der Waals surface area (Å²) in [4.78, 5) is 32.3. The van der Waals surface area contributed by atoms with Gasteiger partial charge in [-0.3, -0.25) is 19.2 Å². The van der Waals surface area contributed by atoms with Gasteiger partial charge in [-0.25, -0.2) is 4.98 Å². The van der Waals surface area contributed by atoms with Crippen LogP contribution in [0.25, 0.3) is 104 Å². The van der Waals surface area contributed by atoms with Gasteiger partial charge in [0.1, 0.15) is 0 Å². The lowest BCUT2D eigenvalue weighted by Gasteiger charge is -2.13. The zero-order valence-corrected chi connectivity index (χ0v) is 22.8. The van der Waals surface area contributed by atoms with Gasteiger partial charge in [-0.05, 0) is 119 Å². The van der Waals surface area contributed by atoms with Crippen molar-refractivity contribution in [1.29, 1.82) is 0 Å². The lowest BCUT2D eigenvalue weighted by atomic mass is 9.89. The molecule has 1 N–H and O–H groups in total. The van der Waals surface area contributed by atoms with Crippen LogP contribution >= 0.6 is 0 Å². The van der Waals surface area contributed by atoms with Gasteiger partial charge in [0.2, 0.25) is 5.88 Å². The first-order chi connectivity index (χ1) is 21.7. The van der Waals surface area contributed by atoms with E-state index in [1.54, 1.807) is 10.5 Å². The molecule has 5 aromatic heterocycles. The van der Waals surface area contributed by atoms with E-state index in [1.165, 1.54) is 27.6 Å². The highest BCUT2D eigenvalue weighted by Gasteiger charge is 2.29. The van der Waals surface area contributed by atoms with Crippen LogP contribution in [0.5, 0.6) is 5.88 Å². The van der Waals surface area contributed by atoms with Gasteiger partial charge in [-0.2, -0.15) is 4.98 Å². The second-order valence-electron chi connectivity index (χ2n) is 11.6. The van der Waals surface area contributed by atoms with Gasteiger partial charge < -0.3 is 5.11 Å². The molecule has 202 valence electrons. The third-order valence-corrected chi connectivity index (χ3v) is 9.55. The van der Waals surface area contributed by atoms with E-state index < -0.39 is 0 Å². The van der Waals surface area contributed by atoms with Gasteiger partial charge in [0.05, 0.1) is 10.9 Å². The van der Waals surface area contributed by atoms with Crippen molar-refractivity contribution in [2.45, 2.75) is 0 Å². The van der Waals surface area contributed by atoms with E-state index in [4.69, 9.17) is 4.98 Å². The molecule has 0 aliphatic carbocycles. The summed E-state index contributed by atoms with van der Waals surface area (Å²) in [5.41, 5.74) is 5.57. The molecule has 0 amide bonds. The van der Waals surface area contributed by atoms with Gasteiger partial charge in [-0.15, -0.1) is 0 Å². The minimum atomic E-state index is -0.138. The molecule has 0 bridgehead atoms. The van der Waals surface area contributed by atoms with Crippen LogP contribution in [0.4, 0.5) is 0 Å². The number of hydrogen-bond acceptors (Lipinski definition) is 6. The Kier molecular flexibility index (Phi) is 3.77. The Balaban J connectivity index is 1.50. The number of aromatic hydroxyl groups is 1. The zero-order valence-electron chi connectivity index (χ0n) is 22.8. The summed E-state index contributed by atoms with van der Waals surface area (Å²) in [6.45, 7) is 0. The highest BCUT2D eigenvalue weighted by Crippen LogP contribution is 2.54. The minimum absolute atomic E-state index is 0.128. The molecule has 5 heterocycles. The largest absolute Gasteiger partial charge is 0.493 e. The molecule has 11 rings (SSSR count). The predicted molar refractivity (Wildman–Crippen MR) is 175 cm³/mol. The Labute approximate surface area is 246 Å². The molecule has 0 aliphatic heterocycles. The summed E-state index contributed by atoms with van der Waals surface area (Å²) in [7, 11) is 0. The molecule has 7 heteroatoms. The molecule has 6 aromatic carbocycles. The minimum Gasteiger partial charge on any atom is -0.493 e. The topological polar surface area (TPSA) is 93.3 Å². The lowest BCUT2D eigenvalue weighted by molar-refractivity contribution is 0.455. The molecular weight excluding hydrogens is 546 g/mol. The smallest absolute Gasteiger partial charge is 0.265 e. The van der Waals surface area contributed by atoms with E-state index >= 15 is 0 Å². The van der Waals surface area contributed by atoms with E-state index in [9.17, 15) is 9.90 Å². The number of benzene rings is 5. The maximum absolute atomic E-state index is 14.6. The summed E-state index contributed by atoms with van der Waals surface area (Å²) in [5.74, 6) is -0.128. The Morgan fingerprint density at radius 3 is 1.73 bits per heavy atom. The second-order valence-corrected chi connectivity index (χ2v) is 11.6. The van der Waals surface area contributed by atoms with Crippen molar-refractivity contribution in [2.24, 2.45) is 0 Å². The Morgan fingerprint density at radius 2 is 1.11 bits per heavy atom. The average molecular weight is 564 g/mol. The second kappa shape index (κ2) is 7.40. The molecule has 0 atom stereocenters. The fraction of sp³-hybridized carbons (Fsp3) is 0. The number of rotatable bonds is 2. The van der Waals surface area contributed by atoms with Crippen molar-refractivity contribution < 1.29 is 5.11 Å². The van der Waals surface area contributed by atoms with Crippen LogP contribution in [0.1, 0.15) is 0 Å². The standard InChI is InChI=1S/C37H17N5O2/c43-27-6-5-26-35(40-27)41-36-33-24-15-22(17-7-11-38-12-8-17)20-3-1-19-2-4-21-23(18-9-13-39-14-10-18)16-25(34(33)37(44)42(26)36)32-30(21)28(19)29(20)31(24)32/h1-16H,(H,40,43). The number of aromatic nitrogens is 5. The summed E-state index contributed by atoms with van der Waals surface area (Å²) < 4.78 is 1.66. The summed E-state index contributed by atoms with van der Waals surface area (Å²) >= 11 is 0. The number of hydrogen-bond donors (Lipinski definition) is 1. The number of pyridine rings is 3.